The molecule has 0 heterocycles. The van der Waals surface area contributed by atoms with E-state index < -0.39 is 12.0 Å². The van der Waals surface area contributed by atoms with Gasteiger partial charge in [-0.2, -0.15) is 0 Å². The number of rotatable bonds is 5. The maximum Gasteiger partial charge on any atom is 0.326 e. The van der Waals surface area contributed by atoms with Gasteiger partial charge >= 0.3 is 5.97 Å². The number of hydrogen-bond donors (Lipinski definition) is 1. The van der Waals surface area contributed by atoms with Crippen LogP contribution in [0.5, 0.6) is 0 Å². The van der Waals surface area contributed by atoms with Crippen LogP contribution in [-0.2, 0) is 4.79 Å². The summed E-state index contributed by atoms with van der Waals surface area (Å²) in [6.07, 6.45) is 0.935. The first-order valence-electron chi connectivity index (χ1n) is 6.04. The smallest absolute Gasteiger partial charge is 0.326 e. The van der Waals surface area contributed by atoms with E-state index in [2.05, 4.69) is 19.9 Å². The van der Waals surface area contributed by atoms with Gasteiger partial charge in [-0.05, 0) is 50.5 Å². The van der Waals surface area contributed by atoms with E-state index >= 15 is 0 Å². The number of aliphatic carboxylic acids is 1. The van der Waals surface area contributed by atoms with Crippen LogP contribution in [-0.4, -0.2) is 23.7 Å². The van der Waals surface area contributed by atoms with Crippen molar-refractivity contribution in [2.75, 3.05) is 11.4 Å². The number of aryl methyl sites for hydroxylation is 2. The zero-order valence-electron chi connectivity index (χ0n) is 11.0. The predicted octanol–water partition coefficient (Wildman–Crippen LogP) is 2.99. The van der Waals surface area contributed by atoms with Gasteiger partial charge < -0.3 is 10.0 Å². The first kappa shape index (κ1) is 13.6. The minimum Gasteiger partial charge on any atom is -0.480 e. The Morgan fingerprint density at radius 2 is 2.00 bits per heavy atom. The predicted molar refractivity (Wildman–Crippen MR) is 70.7 cm³/mol. The summed E-state index contributed by atoms with van der Waals surface area (Å²) >= 11 is 0. The van der Waals surface area contributed by atoms with E-state index in [1.807, 2.05) is 24.0 Å². The van der Waals surface area contributed by atoms with Crippen LogP contribution in [0, 0.1) is 13.8 Å². The number of carboxylic acid groups (broad SMARTS) is 1. The summed E-state index contributed by atoms with van der Waals surface area (Å²) in [6, 6.07) is 5.61. The molecule has 0 radical (unpaired) electrons. The topological polar surface area (TPSA) is 40.5 Å². The van der Waals surface area contributed by atoms with Crippen LogP contribution in [0.25, 0.3) is 0 Å². The largest absolute Gasteiger partial charge is 0.480 e. The molecule has 1 aromatic carbocycles. The highest BCUT2D eigenvalue weighted by atomic mass is 16.4. The molecular formula is C14H21NO2. The molecule has 1 N–H and O–H groups in total. The molecule has 17 heavy (non-hydrogen) atoms. The molecule has 1 atom stereocenters. The Morgan fingerprint density at radius 3 is 2.47 bits per heavy atom. The summed E-state index contributed by atoms with van der Waals surface area (Å²) in [4.78, 5) is 13.0. The van der Waals surface area contributed by atoms with Crippen LogP contribution < -0.4 is 4.90 Å². The molecule has 94 valence electrons. The van der Waals surface area contributed by atoms with Gasteiger partial charge in [0.05, 0.1) is 0 Å². The van der Waals surface area contributed by atoms with Crippen LogP contribution in [0.1, 0.15) is 31.4 Å². The Labute approximate surface area is 103 Å². The maximum atomic E-state index is 11.1. The van der Waals surface area contributed by atoms with Crippen molar-refractivity contribution >= 4 is 11.7 Å². The standard InChI is InChI=1S/C14H21NO2/c1-5-8-15(12(4)14(16)17)13-7-6-10(2)11(3)9-13/h6-7,9,12H,5,8H2,1-4H3,(H,16,17). The Morgan fingerprint density at radius 1 is 1.35 bits per heavy atom. The SMILES string of the molecule is CCCN(c1ccc(C)c(C)c1)C(C)C(=O)O. The molecule has 0 spiro atoms. The molecule has 0 aliphatic carbocycles. The second-order valence-electron chi connectivity index (χ2n) is 4.48. The first-order valence-corrected chi connectivity index (χ1v) is 6.04. The lowest BCUT2D eigenvalue weighted by Crippen LogP contribution is -2.39. The van der Waals surface area contributed by atoms with Crippen molar-refractivity contribution < 1.29 is 9.90 Å². The Balaban J connectivity index is 3.04. The van der Waals surface area contributed by atoms with Crippen LogP contribution in [0.4, 0.5) is 5.69 Å². The van der Waals surface area contributed by atoms with Gasteiger partial charge in [0.2, 0.25) is 0 Å². The fraction of sp³-hybridized carbons (Fsp3) is 0.500. The Bertz CT molecular complexity index is 401. The molecule has 3 nitrogen and oxygen atoms in total. The molecule has 0 amide bonds. The quantitative estimate of drug-likeness (QED) is 0.853. The fourth-order valence-electron chi connectivity index (χ4n) is 1.82. The van der Waals surface area contributed by atoms with E-state index in [0.29, 0.717) is 0 Å². The first-order chi connectivity index (χ1) is 7.97. The van der Waals surface area contributed by atoms with Crippen LogP contribution in [0.3, 0.4) is 0 Å². The Kier molecular flexibility index (Phi) is 4.55. The van der Waals surface area contributed by atoms with E-state index in [0.717, 1.165) is 18.7 Å². The number of benzene rings is 1. The van der Waals surface area contributed by atoms with Gasteiger partial charge in [0.25, 0.3) is 0 Å². The number of carbonyl (C=O) groups is 1. The number of hydrogen-bond acceptors (Lipinski definition) is 2. The van der Waals surface area contributed by atoms with Gasteiger partial charge in [-0.3, -0.25) is 0 Å². The van der Waals surface area contributed by atoms with Crippen molar-refractivity contribution in [3.05, 3.63) is 29.3 Å². The van der Waals surface area contributed by atoms with Gasteiger partial charge in [-0.1, -0.05) is 13.0 Å². The zero-order chi connectivity index (χ0) is 13.0. The molecule has 1 aromatic rings. The molecular weight excluding hydrogens is 214 g/mol. The van der Waals surface area contributed by atoms with Crippen LogP contribution >= 0.6 is 0 Å². The third-order valence-electron chi connectivity index (χ3n) is 3.11. The number of carboxylic acids is 1. The highest BCUT2D eigenvalue weighted by Gasteiger charge is 2.20. The average molecular weight is 235 g/mol. The van der Waals surface area contributed by atoms with Crippen molar-refractivity contribution in [1.29, 1.82) is 0 Å². The van der Waals surface area contributed by atoms with Crippen molar-refractivity contribution in [2.24, 2.45) is 0 Å². The summed E-state index contributed by atoms with van der Waals surface area (Å²) in [7, 11) is 0. The summed E-state index contributed by atoms with van der Waals surface area (Å²) in [6.45, 7) is 8.66. The molecule has 0 aromatic heterocycles. The lowest BCUT2D eigenvalue weighted by atomic mass is 10.1. The lowest BCUT2D eigenvalue weighted by molar-refractivity contribution is -0.138. The lowest BCUT2D eigenvalue weighted by Gasteiger charge is -2.28. The minimum atomic E-state index is -0.781. The molecule has 1 rings (SSSR count). The third kappa shape index (κ3) is 3.22. The number of nitrogens with zero attached hydrogens (tertiary/aromatic N) is 1. The average Bonchev–Trinajstić information content (AvgIpc) is 2.29. The van der Waals surface area contributed by atoms with Crippen molar-refractivity contribution in [3.63, 3.8) is 0 Å². The van der Waals surface area contributed by atoms with E-state index in [1.165, 1.54) is 11.1 Å². The zero-order valence-corrected chi connectivity index (χ0v) is 11.0. The maximum absolute atomic E-state index is 11.1. The third-order valence-corrected chi connectivity index (χ3v) is 3.11. The highest BCUT2D eigenvalue weighted by Crippen LogP contribution is 2.21. The van der Waals surface area contributed by atoms with Gasteiger partial charge in [0.15, 0.2) is 0 Å². The van der Waals surface area contributed by atoms with Crippen molar-refractivity contribution in [2.45, 2.75) is 40.2 Å². The van der Waals surface area contributed by atoms with E-state index in [4.69, 9.17) is 5.11 Å². The van der Waals surface area contributed by atoms with Crippen molar-refractivity contribution in [3.8, 4) is 0 Å². The normalized spacial score (nSPS) is 12.2. The second-order valence-corrected chi connectivity index (χ2v) is 4.48. The number of anilines is 1. The molecule has 1 unspecified atom stereocenters. The Hall–Kier alpha value is -1.51. The van der Waals surface area contributed by atoms with E-state index in [9.17, 15) is 4.79 Å². The van der Waals surface area contributed by atoms with Crippen LogP contribution in [0.15, 0.2) is 18.2 Å². The molecule has 0 saturated heterocycles. The fourth-order valence-corrected chi connectivity index (χ4v) is 1.82. The monoisotopic (exact) mass is 235 g/mol. The van der Waals surface area contributed by atoms with Gasteiger partial charge in [0.1, 0.15) is 6.04 Å². The van der Waals surface area contributed by atoms with E-state index in [-0.39, 0.29) is 0 Å². The second kappa shape index (κ2) is 5.71. The summed E-state index contributed by atoms with van der Waals surface area (Å²) < 4.78 is 0. The highest BCUT2D eigenvalue weighted by molar-refractivity contribution is 5.77. The molecule has 0 aliphatic heterocycles. The molecule has 0 bridgehead atoms. The molecule has 3 heteroatoms. The summed E-state index contributed by atoms with van der Waals surface area (Å²) in [5.74, 6) is -0.781. The minimum absolute atomic E-state index is 0.489. The molecule has 0 saturated carbocycles. The van der Waals surface area contributed by atoms with Gasteiger partial charge in [-0.25, -0.2) is 4.79 Å². The van der Waals surface area contributed by atoms with Crippen molar-refractivity contribution in [1.82, 2.24) is 0 Å². The molecule has 0 fully saturated rings. The van der Waals surface area contributed by atoms with Gasteiger partial charge in [-0.15, -0.1) is 0 Å². The summed E-state index contributed by atoms with van der Waals surface area (Å²) in [5, 5.41) is 9.12. The summed E-state index contributed by atoms with van der Waals surface area (Å²) in [5.41, 5.74) is 3.42. The van der Waals surface area contributed by atoms with Crippen LogP contribution in [0.2, 0.25) is 0 Å². The van der Waals surface area contributed by atoms with Gasteiger partial charge in [0, 0.05) is 12.2 Å². The van der Waals surface area contributed by atoms with E-state index in [1.54, 1.807) is 6.92 Å². The molecule has 0 aliphatic rings.